The summed E-state index contributed by atoms with van der Waals surface area (Å²) < 4.78 is 0. The highest BCUT2D eigenvalue weighted by Gasteiger charge is 2.46. The minimum atomic E-state index is -0.661. The lowest BCUT2D eigenvalue weighted by Gasteiger charge is -2.34. The molecule has 4 nitrogen and oxygen atoms in total. The fourth-order valence-corrected chi connectivity index (χ4v) is 4.06. The third-order valence-corrected chi connectivity index (χ3v) is 5.08. The van der Waals surface area contributed by atoms with E-state index in [1.807, 2.05) is 13.8 Å². The fraction of sp³-hybridized carbons (Fsp3) is 0.714. The molecule has 0 aromatic carbocycles. The van der Waals surface area contributed by atoms with E-state index in [9.17, 15) is 9.90 Å². The predicted molar refractivity (Wildman–Crippen MR) is 76.5 cm³/mol. The number of rotatable bonds is 5. The topological polar surface area (TPSA) is 53.4 Å². The standard InChI is InChI=1S/C14H22N2O2S/c1-4-6-14(13(17)18)7-5-8-16(14)9-12-10(2)15-11(3)19-12/h4-9H2,1-3H3,(H,17,18). The summed E-state index contributed by atoms with van der Waals surface area (Å²) in [5, 5.41) is 10.7. The molecule has 0 spiro atoms. The molecule has 106 valence electrons. The van der Waals surface area contributed by atoms with Crippen molar-refractivity contribution < 1.29 is 9.90 Å². The number of aryl methyl sites for hydroxylation is 2. The SMILES string of the molecule is CCCC1(C(=O)O)CCCN1Cc1sc(C)nc1C. The third kappa shape index (κ3) is 2.67. The summed E-state index contributed by atoms with van der Waals surface area (Å²) in [4.78, 5) is 19.5. The molecule has 1 fully saturated rings. The number of likely N-dealkylation sites (tertiary alicyclic amines) is 1. The Hall–Kier alpha value is -0.940. The van der Waals surface area contributed by atoms with Crippen LogP contribution in [0, 0.1) is 13.8 Å². The number of nitrogens with zero attached hydrogens (tertiary/aromatic N) is 2. The summed E-state index contributed by atoms with van der Waals surface area (Å²) in [7, 11) is 0. The van der Waals surface area contributed by atoms with Gasteiger partial charge in [-0.2, -0.15) is 0 Å². The largest absolute Gasteiger partial charge is 0.480 e. The summed E-state index contributed by atoms with van der Waals surface area (Å²) in [6, 6.07) is 0. The van der Waals surface area contributed by atoms with Gasteiger partial charge in [0.25, 0.3) is 0 Å². The number of hydrogen-bond donors (Lipinski definition) is 1. The second-order valence-electron chi connectivity index (χ2n) is 5.35. The lowest BCUT2D eigenvalue weighted by Crippen LogP contribution is -2.49. The summed E-state index contributed by atoms with van der Waals surface area (Å²) in [6.07, 6.45) is 3.39. The smallest absolute Gasteiger partial charge is 0.324 e. The van der Waals surface area contributed by atoms with Crippen molar-refractivity contribution in [1.29, 1.82) is 0 Å². The van der Waals surface area contributed by atoms with E-state index in [2.05, 4.69) is 16.8 Å². The first-order valence-electron chi connectivity index (χ1n) is 6.91. The van der Waals surface area contributed by atoms with Crippen molar-refractivity contribution in [2.24, 2.45) is 0 Å². The Morgan fingerprint density at radius 2 is 2.26 bits per heavy atom. The third-order valence-electron chi connectivity index (χ3n) is 4.02. The lowest BCUT2D eigenvalue weighted by atomic mass is 9.90. The number of carboxylic acid groups (broad SMARTS) is 1. The highest BCUT2D eigenvalue weighted by atomic mass is 32.1. The maximum Gasteiger partial charge on any atom is 0.324 e. The highest BCUT2D eigenvalue weighted by molar-refractivity contribution is 7.11. The second-order valence-corrected chi connectivity index (χ2v) is 6.64. The van der Waals surface area contributed by atoms with E-state index in [0.29, 0.717) is 0 Å². The Morgan fingerprint density at radius 3 is 2.79 bits per heavy atom. The average Bonchev–Trinajstić information content (AvgIpc) is 2.86. The molecule has 2 rings (SSSR count). The molecule has 1 atom stereocenters. The van der Waals surface area contributed by atoms with Crippen molar-refractivity contribution in [3.8, 4) is 0 Å². The molecule has 5 heteroatoms. The molecule has 0 bridgehead atoms. The zero-order chi connectivity index (χ0) is 14.0. The van der Waals surface area contributed by atoms with Crippen LogP contribution in [0.4, 0.5) is 0 Å². The van der Waals surface area contributed by atoms with E-state index >= 15 is 0 Å². The normalized spacial score (nSPS) is 23.9. The van der Waals surface area contributed by atoms with Gasteiger partial charge >= 0.3 is 5.97 Å². The second kappa shape index (κ2) is 5.59. The highest BCUT2D eigenvalue weighted by Crippen LogP contribution is 2.36. The van der Waals surface area contributed by atoms with E-state index < -0.39 is 11.5 Å². The maximum absolute atomic E-state index is 11.8. The number of thiazole rings is 1. The van der Waals surface area contributed by atoms with Gasteiger partial charge in [0.1, 0.15) is 5.54 Å². The summed E-state index contributed by atoms with van der Waals surface area (Å²) >= 11 is 1.69. The zero-order valence-corrected chi connectivity index (χ0v) is 12.7. The van der Waals surface area contributed by atoms with E-state index in [4.69, 9.17) is 0 Å². The van der Waals surface area contributed by atoms with Gasteiger partial charge in [0.05, 0.1) is 10.7 Å². The van der Waals surface area contributed by atoms with Crippen LogP contribution in [0.25, 0.3) is 0 Å². The van der Waals surface area contributed by atoms with Crippen LogP contribution in [0.1, 0.15) is 48.2 Å². The van der Waals surface area contributed by atoms with Gasteiger partial charge in [-0.15, -0.1) is 11.3 Å². The van der Waals surface area contributed by atoms with Crippen LogP contribution in [-0.4, -0.2) is 33.0 Å². The quantitative estimate of drug-likeness (QED) is 0.902. The Bertz CT molecular complexity index is 472. The lowest BCUT2D eigenvalue weighted by molar-refractivity contribution is -0.150. The number of hydrogen-bond acceptors (Lipinski definition) is 4. The summed E-state index contributed by atoms with van der Waals surface area (Å²) in [5.41, 5.74) is 0.393. The van der Waals surface area contributed by atoms with Crippen molar-refractivity contribution in [2.45, 2.75) is 58.5 Å². The van der Waals surface area contributed by atoms with Crippen molar-refractivity contribution in [1.82, 2.24) is 9.88 Å². The minimum absolute atomic E-state index is 0.654. The minimum Gasteiger partial charge on any atom is -0.480 e. The van der Waals surface area contributed by atoms with Gasteiger partial charge in [0.2, 0.25) is 0 Å². The van der Waals surface area contributed by atoms with Crippen molar-refractivity contribution in [3.05, 3.63) is 15.6 Å². The number of aromatic nitrogens is 1. The van der Waals surface area contributed by atoms with Crippen molar-refractivity contribution >= 4 is 17.3 Å². The van der Waals surface area contributed by atoms with E-state index in [0.717, 1.165) is 49.5 Å². The molecular weight excluding hydrogens is 260 g/mol. The fourth-order valence-electron chi connectivity index (χ4n) is 3.10. The van der Waals surface area contributed by atoms with Crippen LogP contribution < -0.4 is 0 Å². The molecule has 1 aliphatic heterocycles. The van der Waals surface area contributed by atoms with Gasteiger partial charge in [-0.3, -0.25) is 9.69 Å². The van der Waals surface area contributed by atoms with Crippen molar-refractivity contribution in [2.75, 3.05) is 6.54 Å². The zero-order valence-electron chi connectivity index (χ0n) is 11.9. The first-order valence-corrected chi connectivity index (χ1v) is 7.72. The molecule has 0 aliphatic carbocycles. The van der Waals surface area contributed by atoms with Crippen LogP contribution in [0.2, 0.25) is 0 Å². The Balaban J connectivity index is 2.22. The van der Waals surface area contributed by atoms with Crippen LogP contribution in [-0.2, 0) is 11.3 Å². The number of carbonyl (C=O) groups is 1. The van der Waals surface area contributed by atoms with Crippen LogP contribution in [0.5, 0.6) is 0 Å². The van der Waals surface area contributed by atoms with Crippen LogP contribution in [0.3, 0.4) is 0 Å². The number of carboxylic acids is 1. The molecule has 1 saturated heterocycles. The summed E-state index contributed by atoms with van der Waals surface area (Å²) in [5.74, 6) is -0.661. The first-order chi connectivity index (χ1) is 8.99. The molecule has 0 amide bonds. The molecule has 1 unspecified atom stereocenters. The van der Waals surface area contributed by atoms with E-state index in [1.54, 1.807) is 11.3 Å². The first kappa shape index (κ1) is 14.5. The number of aliphatic carboxylic acids is 1. The molecule has 1 aromatic rings. The Labute approximate surface area is 118 Å². The van der Waals surface area contributed by atoms with Gasteiger partial charge < -0.3 is 5.11 Å². The van der Waals surface area contributed by atoms with Crippen molar-refractivity contribution in [3.63, 3.8) is 0 Å². The maximum atomic E-state index is 11.8. The van der Waals surface area contributed by atoms with Crippen LogP contribution >= 0.6 is 11.3 Å². The van der Waals surface area contributed by atoms with Gasteiger partial charge in [-0.1, -0.05) is 13.3 Å². The van der Waals surface area contributed by atoms with Gasteiger partial charge in [0, 0.05) is 11.4 Å². The molecule has 1 aromatic heterocycles. The van der Waals surface area contributed by atoms with Gasteiger partial charge in [0.15, 0.2) is 0 Å². The monoisotopic (exact) mass is 282 g/mol. The summed E-state index contributed by atoms with van der Waals surface area (Å²) in [6.45, 7) is 7.68. The van der Waals surface area contributed by atoms with Crippen LogP contribution in [0.15, 0.2) is 0 Å². The molecule has 0 radical (unpaired) electrons. The predicted octanol–water partition coefficient (Wildman–Crippen LogP) is 2.98. The molecule has 1 N–H and O–H groups in total. The van der Waals surface area contributed by atoms with E-state index in [1.165, 1.54) is 4.88 Å². The van der Waals surface area contributed by atoms with Gasteiger partial charge in [-0.05, 0) is 39.7 Å². The molecule has 1 aliphatic rings. The van der Waals surface area contributed by atoms with E-state index in [-0.39, 0.29) is 0 Å². The Morgan fingerprint density at radius 1 is 1.53 bits per heavy atom. The average molecular weight is 282 g/mol. The van der Waals surface area contributed by atoms with Gasteiger partial charge in [-0.25, -0.2) is 4.98 Å². The Kier molecular flexibility index (Phi) is 4.26. The molecular formula is C14H22N2O2S. The molecule has 19 heavy (non-hydrogen) atoms. The molecule has 2 heterocycles. The molecule has 0 saturated carbocycles.